The van der Waals surface area contributed by atoms with Gasteiger partial charge in [-0.2, -0.15) is 0 Å². The first-order valence-electron chi connectivity index (χ1n) is 11.1. The van der Waals surface area contributed by atoms with E-state index < -0.39 is 17.7 Å². The minimum atomic E-state index is -0.596. The minimum absolute atomic E-state index is 0.0292. The maximum Gasteiger partial charge on any atom is 0.295 e. The van der Waals surface area contributed by atoms with Gasteiger partial charge in [-0.15, -0.1) is 0 Å². The van der Waals surface area contributed by atoms with Gasteiger partial charge >= 0.3 is 0 Å². The van der Waals surface area contributed by atoms with Crippen molar-refractivity contribution >= 4 is 17.4 Å². The maximum atomic E-state index is 13.2. The summed E-state index contributed by atoms with van der Waals surface area (Å²) in [6, 6.07) is 12.8. The fourth-order valence-electron chi connectivity index (χ4n) is 5.30. The summed E-state index contributed by atoms with van der Waals surface area (Å²) in [5, 5.41) is 11.3. The van der Waals surface area contributed by atoms with Crippen molar-refractivity contribution in [3.8, 4) is 5.75 Å². The third-order valence-corrected chi connectivity index (χ3v) is 6.73. The van der Waals surface area contributed by atoms with E-state index in [4.69, 9.17) is 4.74 Å². The number of amides is 1. The SMILES string of the molecule is Cc1cccc(C2/C(=C(/O)c3ccc4c(c3)CC(C)O4)C(=O)C(=O)N2C2CCCC2)c1. The molecule has 2 atom stereocenters. The maximum absolute atomic E-state index is 13.2. The summed E-state index contributed by atoms with van der Waals surface area (Å²) in [7, 11) is 0. The second-order valence-corrected chi connectivity index (χ2v) is 9.01. The van der Waals surface area contributed by atoms with Crippen molar-refractivity contribution in [1.82, 2.24) is 4.90 Å². The molecule has 0 aromatic heterocycles. The number of ketones is 1. The van der Waals surface area contributed by atoms with E-state index in [2.05, 4.69) is 0 Å². The van der Waals surface area contributed by atoms with Gasteiger partial charge in [0.05, 0.1) is 11.6 Å². The van der Waals surface area contributed by atoms with Crippen LogP contribution in [0.4, 0.5) is 0 Å². The van der Waals surface area contributed by atoms with Crippen LogP contribution in [-0.4, -0.2) is 33.8 Å². The molecule has 0 spiro atoms. The Balaban J connectivity index is 1.65. The Labute approximate surface area is 182 Å². The number of nitrogens with zero attached hydrogens (tertiary/aromatic N) is 1. The second kappa shape index (κ2) is 7.56. The summed E-state index contributed by atoms with van der Waals surface area (Å²) in [4.78, 5) is 28.1. The molecule has 1 N–H and O–H groups in total. The number of hydrogen-bond donors (Lipinski definition) is 1. The Morgan fingerprint density at radius 1 is 1.10 bits per heavy atom. The van der Waals surface area contributed by atoms with Gasteiger partial charge in [0, 0.05) is 18.0 Å². The van der Waals surface area contributed by atoms with Gasteiger partial charge < -0.3 is 14.7 Å². The van der Waals surface area contributed by atoms with Gasteiger partial charge in [0.25, 0.3) is 11.7 Å². The fourth-order valence-corrected chi connectivity index (χ4v) is 5.30. The molecular formula is C26H27NO4. The zero-order valence-corrected chi connectivity index (χ0v) is 17.9. The average Bonchev–Trinajstić information content (AvgIpc) is 3.45. The standard InChI is InChI=1S/C26H27NO4/c1-15-6-5-7-17(12-15)23-22(25(29)26(30)27(23)20-8-3-4-9-20)24(28)18-10-11-21-19(14-18)13-16(2)31-21/h5-7,10-12,14,16,20,23,28H,3-4,8-9,13H2,1-2H3/b24-22-. The summed E-state index contributed by atoms with van der Waals surface area (Å²) >= 11 is 0. The first-order valence-corrected chi connectivity index (χ1v) is 11.1. The molecule has 160 valence electrons. The number of aliphatic hydroxyl groups excluding tert-OH is 1. The molecule has 2 aromatic rings. The largest absolute Gasteiger partial charge is 0.507 e. The lowest BCUT2D eigenvalue weighted by atomic mass is 9.93. The van der Waals surface area contributed by atoms with Crippen LogP contribution < -0.4 is 4.74 Å². The summed E-state index contributed by atoms with van der Waals surface area (Å²) < 4.78 is 5.77. The van der Waals surface area contributed by atoms with Crippen LogP contribution in [0.1, 0.15) is 60.9 Å². The molecule has 2 aromatic carbocycles. The first kappa shape index (κ1) is 19.9. The predicted octanol–water partition coefficient (Wildman–Crippen LogP) is 4.68. The normalized spacial score (nSPS) is 25.2. The highest BCUT2D eigenvalue weighted by atomic mass is 16.5. The van der Waals surface area contributed by atoms with Gasteiger partial charge in [0.1, 0.15) is 17.6 Å². The average molecular weight is 418 g/mol. The molecule has 5 heteroatoms. The van der Waals surface area contributed by atoms with E-state index in [9.17, 15) is 14.7 Å². The summed E-state index contributed by atoms with van der Waals surface area (Å²) in [5.41, 5.74) is 3.67. The number of carbonyl (C=O) groups is 2. The minimum Gasteiger partial charge on any atom is -0.507 e. The Morgan fingerprint density at radius 2 is 1.87 bits per heavy atom. The van der Waals surface area contributed by atoms with Crippen LogP contribution in [0.2, 0.25) is 0 Å². The number of hydrogen-bond acceptors (Lipinski definition) is 4. The Kier molecular flexibility index (Phi) is 4.84. The zero-order valence-electron chi connectivity index (χ0n) is 17.9. The van der Waals surface area contributed by atoms with Crippen LogP contribution in [0.15, 0.2) is 48.0 Å². The van der Waals surface area contributed by atoms with Crippen LogP contribution in [0, 0.1) is 6.92 Å². The molecular weight excluding hydrogens is 390 g/mol. The zero-order chi connectivity index (χ0) is 21.7. The second-order valence-electron chi connectivity index (χ2n) is 9.01. The summed E-state index contributed by atoms with van der Waals surface area (Å²) in [5.74, 6) is -0.391. The fraction of sp³-hybridized carbons (Fsp3) is 0.385. The number of rotatable bonds is 3. The van der Waals surface area contributed by atoms with Gasteiger partial charge in [0.15, 0.2) is 0 Å². The monoisotopic (exact) mass is 417 g/mol. The number of carbonyl (C=O) groups excluding carboxylic acids is 2. The number of ether oxygens (including phenoxy) is 1. The molecule has 2 heterocycles. The van der Waals surface area contributed by atoms with E-state index in [1.807, 2.05) is 50.2 Å². The Bertz CT molecular complexity index is 1100. The lowest BCUT2D eigenvalue weighted by Crippen LogP contribution is -2.37. The van der Waals surface area contributed by atoms with Crippen LogP contribution in [0.3, 0.4) is 0 Å². The van der Waals surface area contributed by atoms with Crippen molar-refractivity contribution in [2.75, 3.05) is 0 Å². The van der Waals surface area contributed by atoms with E-state index in [-0.39, 0.29) is 23.5 Å². The van der Waals surface area contributed by atoms with Crippen molar-refractivity contribution in [3.05, 3.63) is 70.3 Å². The lowest BCUT2D eigenvalue weighted by molar-refractivity contribution is -0.141. The van der Waals surface area contributed by atoms with E-state index in [1.54, 1.807) is 11.0 Å². The van der Waals surface area contributed by atoms with Crippen LogP contribution >= 0.6 is 0 Å². The molecule has 1 aliphatic carbocycles. The van der Waals surface area contributed by atoms with Crippen molar-refractivity contribution in [2.24, 2.45) is 0 Å². The molecule has 5 rings (SSSR count). The predicted molar refractivity (Wildman–Crippen MR) is 118 cm³/mol. The number of benzene rings is 2. The highest BCUT2D eigenvalue weighted by molar-refractivity contribution is 6.46. The third-order valence-electron chi connectivity index (χ3n) is 6.73. The molecule has 1 saturated carbocycles. The van der Waals surface area contributed by atoms with Gasteiger partial charge in [-0.1, -0.05) is 42.7 Å². The van der Waals surface area contributed by atoms with Crippen LogP contribution in [0.25, 0.3) is 5.76 Å². The van der Waals surface area contributed by atoms with E-state index in [0.717, 1.165) is 54.5 Å². The van der Waals surface area contributed by atoms with Gasteiger partial charge in [0.2, 0.25) is 0 Å². The third kappa shape index (κ3) is 3.32. The van der Waals surface area contributed by atoms with Gasteiger partial charge in [-0.05, 0) is 56.0 Å². The first-order chi connectivity index (χ1) is 14.9. The molecule has 31 heavy (non-hydrogen) atoms. The van der Waals surface area contributed by atoms with Crippen molar-refractivity contribution in [3.63, 3.8) is 0 Å². The van der Waals surface area contributed by atoms with Crippen molar-refractivity contribution in [1.29, 1.82) is 0 Å². The molecule has 1 saturated heterocycles. The number of aryl methyl sites for hydroxylation is 1. The number of Topliss-reactive ketones (excluding diaryl/α,β-unsaturated/α-hetero) is 1. The van der Waals surface area contributed by atoms with E-state index in [1.165, 1.54) is 0 Å². The number of fused-ring (bicyclic) bond motifs is 1. The van der Waals surface area contributed by atoms with E-state index in [0.29, 0.717) is 5.56 Å². The smallest absolute Gasteiger partial charge is 0.295 e. The summed E-state index contributed by atoms with van der Waals surface area (Å²) in [6.45, 7) is 4.00. The molecule has 0 bridgehead atoms. The molecule has 5 nitrogen and oxygen atoms in total. The topological polar surface area (TPSA) is 66.8 Å². The quantitative estimate of drug-likeness (QED) is 0.447. The highest BCUT2D eigenvalue weighted by Gasteiger charge is 2.49. The van der Waals surface area contributed by atoms with E-state index >= 15 is 0 Å². The summed E-state index contributed by atoms with van der Waals surface area (Å²) in [6.07, 6.45) is 4.74. The van der Waals surface area contributed by atoms with Crippen molar-refractivity contribution < 1.29 is 19.4 Å². The number of aliphatic hydroxyl groups is 1. The molecule has 2 unspecified atom stereocenters. The lowest BCUT2D eigenvalue weighted by Gasteiger charge is -2.31. The van der Waals surface area contributed by atoms with Crippen LogP contribution in [-0.2, 0) is 16.0 Å². The Morgan fingerprint density at radius 3 is 2.61 bits per heavy atom. The van der Waals surface area contributed by atoms with Gasteiger partial charge in [-0.3, -0.25) is 9.59 Å². The van der Waals surface area contributed by atoms with Gasteiger partial charge in [-0.25, -0.2) is 0 Å². The highest BCUT2D eigenvalue weighted by Crippen LogP contribution is 2.44. The molecule has 2 fully saturated rings. The molecule has 3 aliphatic rings. The molecule has 0 radical (unpaired) electrons. The number of likely N-dealkylation sites (tertiary alicyclic amines) is 1. The Hall–Kier alpha value is -3.08. The van der Waals surface area contributed by atoms with Crippen LogP contribution in [0.5, 0.6) is 5.75 Å². The molecule has 1 amide bonds. The van der Waals surface area contributed by atoms with Crippen molar-refractivity contribution in [2.45, 2.75) is 64.1 Å². The molecule has 2 aliphatic heterocycles.